The summed E-state index contributed by atoms with van der Waals surface area (Å²) in [5, 5.41) is 14.4. The smallest absolute Gasteiger partial charge is 0.0992 e. The normalized spacial score (nSPS) is 10.4. The lowest BCUT2D eigenvalue weighted by Gasteiger charge is -2.04. The monoisotopic (exact) mass is 297 g/mol. The molecule has 0 N–H and O–H groups in total. The minimum Gasteiger partial charge on any atom is -0.233 e. The maximum atomic E-state index is 9.00. The molecule has 0 unspecified atom stereocenters. The highest BCUT2D eigenvalue weighted by Gasteiger charge is 2.06. The van der Waals surface area contributed by atoms with E-state index in [1.807, 2.05) is 47.3 Å². The Hall–Kier alpha value is -2.12. The summed E-state index contributed by atoms with van der Waals surface area (Å²) in [6.45, 7) is 0. The van der Waals surface area contributed by atoms with Gasteiger partial charge in [0, 0.05) is 9.86 Å². The molecule has 0 amide bonds. The number of rotatable bonds is 1. The van der Waals surface area contributed by atoms with Crippen molar-refractivity contribution in [3.8, 4) is 11.8 Å². The van der Waals surface area contributed by atoms with Crippen LogP contribution >= 0.6 is 15.9 Å². The number of halogens is 1. The molecule has 0 atom stereocenters. The molecule has 0 bridgehead atoms. The van der Waals surface area contributed by atoms with E-state index < -0.39 is 0 Å². The molecule has 3 aromatic rings. The van der Waals surface area contributed by atoms with Gasteiger partial charge in [0.05, 0.1) is 29.0 Å². The van der Waals surface area contributed by atoms with Crippen molar-refractivity contribution in [3.05, 3.63) is 58.7 Å². The van der Waals surface area contributed by atoms with Crippen LogP contribution in [0.2, 0.25) is 0 Å². The fourth-order valence-corrected chi connectivity index (χ4v) is 2.42. The van der Waals surface area contributed by atoms with Crippen LogP contribution in [0.15, 0.2) is 53.1 Å². The molecule has 3 nitrogen and oxygen atoms in total. The molecule has 86 valence electrons. The van der Waals surface area contributed by atoms with Gasteiger partial charge in [-0.25, -0.2) is 4.68 Å². The Labute approximate surface area is 112 Å². The summed E-state index contributed by atoms with van der Waals surface area (Å²) >= 11 is 3.41. The summed E-state index contributed by atoms with van der Waals surface area (Å²) in [5.41, 5.74) is 2.51. The summed E-state index contributed by atoms with van der Waals surface area (Å²) in [4.78, 5) is 0. The van der Waals surface area contributed by atoms with Gasteiger partial charge >= 0.3 is 0 Å². The number of aromatic nitrogens is 2. The molecule has 0 aliphatic heterocycles. The summed E-state index contributed by atoms with van der Waals surface area (Å²) in [6.07, 6.45) is 1.82. The maximum absolute atomic E-state index is 9.00. The molecule has 0 aliphatic carbocycles. The number of nitriles is 1. The third kappa shape index (κ3) is 1.79. The molecule has 0 spiro atoms. The summed E-state index contributed by atoms with van der Waals surface area (Å²) < 4.78 is 2.71. The first-order chi connectivity index (χ1) is 8.78. The van der Waals surface area contributed by atoms with Crippen molar-refractivity contribution < 1.29 is 0 Å². The Bertz CT molecular complexity index is 768. The number of fused-ring (bicyclic) bond motifs is 1. The summed E-state index contributed by atoms with van der Waals surface area (Å²) in [5.74, 6) is 0. The lowest BCUT2D eigenvalue weighted by molar-refractivity contribution is 0.909. The summed E-state index contributed by atoms with van der Waals surface area (Å²) in [7, 11) is 0. The van der Waals surface area contributed by atoms with Crippen LogP contribution in [0.1, 0.15) is 5.56 Å². The minimum atomic E-state index is 0.610. The van der Waals surface area contributed by atoms with Crippen molar-refractivity contribution in [2.24, 2.45) is 0 Å². The van der Waals surface area contributed by atoms with E-state index in [0.717, 1.165) is 21.1 Å². The molecule has 0 saturated heterocycles. The van der Waals surface area contributed by atoms with Crippen LogP contribution in [0.5, 0.6) is 0 Å². The van der Waals surface area contributed by atoms with Crippen LogP contribution in [0.4, 0.5) is 0 Å². The molecular weight excluding hydrogens is 290 g/mol. The van der Waals surface area contributed by atoms with Gasteiger partial charge in [0.1, 0.15) is 0 Å². The zero-order valence-electron chi connectivity index (χ0n) is 9.34. The van der Waals surface area contributed by atoms with Gasteiger partial charge in [-0.05, 0) is 24.3 Å². The van der Waals surface area contributed by atoms with E-state index in [-0.39, 0.29) is 0 Å². The van der Waals surface area contributed by atoms with Crippen LogP contribution in [-0.2, 0) is 0 Å². The Morgan fingerprint density at radius 2 is 2.00 bits per heavy atom. The molecule has 0 fully saturated rings. The molecule has 1 aromatic heterocycles. The zero-order chi connectivity index (χ0) is 12.5. The van der Waals surface area contributed by atoms with Gasteiger partial charge in [-0.15, -0.1) is 0 Å². The van der Waals surface area contributed by atoms with Gasteiger partial charge < -0.3 is 0 Å². The Morgan fingerprint density at radius 3 is 2.83 bits per heavy atom. The molecule has 1 heterocycles. The molecule has 0 aliphatic rings. The van der Waals surface area contributed by atoms with Crippen LogP contribution < -0.4 is 0 Å². The fraction of sp³-hybridized carbons (Fsp3) is 0. The van der Waals surface area contributed by atoms with Crippen LogP contribution in [0.25, 0.3) is 16.6 Å². The third-order valence-electron chi connectivity index (χ3n) is 2.73. The van der Waals surface area contributed by atoms with E-state index in [2.05, 4.69) is 27.1 Å². The molecule has 0 radical (unpaired) electrons. The molecular formula is C14H8BrN3. The second-order valence-electron chi connectivity index (χ2n) is 3.93. The topological polar surface area (TPSA) is 41.6 Å². The van der Waals surface area contributed by atoms with Crippen LogP contribution in [0.3, 0.4) is 0 Å². The van der Waals surface area contributed by atoms with Crippen LogP contribution in [-0.4, -0.2) is 9.78 Å². The number of hydrogen-bond acceptors (Lipinski definition) is 2. The standard InChI is InChI=1S/C14H8BrN3/c15-12-5-10(8-16)6-13(7-12)18-14-4-2-1-3-11(14)9-17-18/h1-7,9H. The van der Waals surface area contributed by atoms with Crippen LogP contribution in [0, 0.1) is 11.3 Å². The largest absolute Gasteiger partial charge is 0.233 e. The number of hydrogen-bond donors (Lipinski definition) is 0. The van der Waals surface area contributed by atoms with E-state index in [0.29, 0.717) is 5.56 Å². The quantitative estimate of drug-likeness (QED) is 0.688. The van der Waals surface area contributed by atoms with Crippen molar-refractivity contribution >= 4 is 26.8 Å². The van der Waals surface area contributed by atoms with Gasteiger partial charge in [0.25, 0.3) is 0 Å². The Kier molecular flexibility index (Phi) is 2.62. The third-order valence-corrected chi connectivity index (χ3v) is 3.19. The maximum Gasteiger partial charge on any atom is 0.0992 e. The number of para-hydroxylation sites is 1. The predicted octanol–water partition coefficient (Wildman–Crippen LogP) is 3.66. The van der Waals surface area contributed by atoms with Gasteiger partial charge in [0.15, 0.2) is 0 Å². The van der Waals surface area contributed by atoms with Crippen molar-refractivity contribution in [1.29, 1.82) is 5.26 Å². The highest BCUT2D eigenvalue weighted by molar-refractivity contribution is 9.10. The Balaban J connectivity index is 2.27. The first-order valence-corrected chi connectivity index (χ1v) is 6.21. The van der Waals surface area contributed by atoms with Gasteiger partial charge in [-0.2, -0.15) is 10.4 Å². The predicted molar refractivity (Wildman–Crippen MR) is 73.5 cm³/mol. The molecule has 18 heavy (non-hydrogen) atoms. The van der Waals surface area contributed by atoms with Crippen molar-refractivity contribution in [2.75, 3.05) is 0 Å². The average molecular weight is 298 g/mol. The summed E-state index contributed by atoms with van der Waals surface area (Å²) in [6, 6.07) is 15.7. The SMILES string of the molecule is N#Cc1cc(Br)cc(-n2ncc3ccccc32)c1. The lowest BCUT2D eigenvalue weighted by atomic mass is 10.2. The van der Waals surface area contributed by atoms with Crippen molar-refractivity contribution in [2.45, 2.75) is 0 Å². The molecule has 2 aromatic carbocycles. The lowest BCUT2D eigenvalue weighted by Crippen LogP contribution is -1.96. The molecule has 4 heteroatoms. The fourth-order valence-electron chi connectivity index (χ4n) is 1.94. The minimum absolute atomic E-state index is 0.610. The zero-order valence-corrected chi connectivity index (χ0v) is 10.9. The number of benzene rings is 2. The first-order valence-electron chi connectivity index (χ1n) is 5.42. The second kappa shape index (κ2) is 4.28. The van der Waals surface area contributed by atoms with E-state index in [1.54, 1.807) is 6.07 Å². The van der Waals surface area contributed by atoms with E-state index in [4.69, 9.17) is 5.26 Å². The van der Waals surface area contributed by atoms with Gasteiger partial charge in [-0.3, -0.25) is 0 Å². The van der Waals surface area contributed by atoms with E-state index >= 15 is 0 Å². The first kappa shape index (κ1) is 11.0. The van der Waals surface area contributed by atoms with E-state index in [9.17, 15) is 0 Å². The highest BCUT2D eigenvalue weighted by atomic mass is 79.9. The number of nitrogens with zero attached hydrogens (tertiary/aromatic N) is 3. The highest BCUT2D eigenvalue weighted by Crippen LogP contribution is 2.22. The molecule has 3 rings (SSSR count). The average Bonchev–Trinajstić information content (AvgIpc) is 2.81. The van der Waals surface area contributed by atoms with Crippen molar-refractivity contribution in [1.82, 2.24) is 9.78 Å². The second-order valence-corrected chi connectivity index (χ2v) is 4.84. The van der Waals surface area contributed by atoms with Gasteiger partial charge in [0.2, 0.25) is 0 Å². The van der Waals surface area contributed by atoms with Crippen molar-refractivity contribution in [3.63, 3.8) is 0 Å². The van der Waals surface area contributed by atoms with E-state index in [1.165, 1.54) is 0 Å². The van der Waals surface area contributed by atoms with Gasteiger partial charge in [-0.1, -0.05) is 34.1 Å². The Morgan fingerprint density at radius 1 is 1.17 bits per heavy atom. The molecule has 0 saturated carbocycles.